The molecule has 0 fully saturated rings. The van der Waals surface area contributed by atoms with Gasteiger partial charge in [0.2, 0.25) is 5.91 Å². The molecule has 0 saturated heterocycles. The van der Waals surface area contributed by atoms with Crippen molar-refractivity contribution in [3.63, 3.8) is 0 Å². The van der Waals surface area contributed by atoms with Crippen molar-refractivity contribution < 1.29 is 13.6 Å². The molecule has 0 aliphatic heterocycles. The summed E-state index contributed by atoms with van der Waals surface area (Å²) in [5.41, 5.74) is 5.86. The number of amides is 1. The van der Waals surface area contributed by atoms with Gasteiger partial charge in [-0.1, -0.05) is 20.8 Å². The standard InChI is InChI=1S/C15H22F2N2O/c1-9(11-7-10(16)5-6-12(11)17)19-14(20)8-13(18)15(2,3)4/h5-7,9,13H,8,18H2,1-4H3,(H,19,20). The van der Waals surface area contributed by atoms with Gasteiger partial charge >= 0.3 is 0 Å². The second-order valence-electron chi connectivity index (χ2n) is 6.13. The molecule has 0 saturated carbocycles. The van der Waals surface area contributed by atoms with Crippen LogP contribution in [0.5, 0.6) is 0 Å². The SMILES string of the molecule is CC(NC(=O)CC(N)C(C)(C)C)c1cc(F)ccc1F. The molecule has 2 atom stereocenters. The van der Waals surface area contributed by atoms with Crippen molar-refractivity contribution in [1.82, 2.24) is 5.32 Å². The molecule has 0 heterocycles. The van der Waals surface area contributed by atoms with Crippen molar-refractivity contribution in [2.24, 2.45) is 11.1 Å². The molecule has 2 unspecified atom stereocenters. The van der Waals surface area contributed by atoms with E-state index in [4.69, 9.17) is 5.73 Å². The maximum absolute atomic E-state index is 13.6. The molecule has 112 valence electrons. The summed E-state index contributed by atoms with van der Waals surface area (Å²) in [5, 5.41) is 2.64. The fraction of sp³-hybridized carbons (Fsp3) is 0.533. The molecule has 0 spiro atoms. The normalized spacial score (nSPS) is 14.8. The van der Waals surface area contributed by atoms with Crippen molar-refractivity contribution in [3.8, 4) is 0 Å². The molecule has 20 heavy (non-hydrogen) atoms. The van der Waals surface area contributed by atoms with Gasteiger partial charge in [0.05, 0.1) is 6.04 Å². The van der Waals surface area contributed by atoms with E-state index in [1.54, 1.807) is 6.92 Å². The number of carbonyl (C=O) groups is 1. The molecule has 1 aromatic carbocycles. The number of hydrogen-bond acceptors (Lipinski definition) is 2. The van der Waals surface area contributed by atoms with Gasteiger partial charge < -0.3 is 11.1 Å². The Hall–Kier alpha value is -1.49. The third-order valence-electron chi connectivity index (χ3n) is 3.32. The number of rotatable bonds is 4. The van der Waals surface area contributed by atoms with Gasteiger partial charge in [0, 0.05) is 18.0 Å². The maximum atomic E-state index is 13.6. The van der Waals surface area contributed by atoms with Gasteiger partial charge in [0.15, 0.2) is 0 Å². The summed E-state index contributed by atoms with van der Waals surface area (Å²) in [6.07, 6.45) is 0.144. The molecule has 0 aromatic heterocycles. The average molecular weight is 284 g/mol. The fourth-order valence-corrected chi connectivity index (χ4v) is 1.73. The number of nitrogens with two attached hydrogens (primary N) is 1. The van der Waals surface area contributed by atoms with Crippen LogP contribution in [0.3, 0.4) is 0 Å². The molecule has 1 amide bonds. The van der Waals surface area contributed by atoms with Crippen molar-refractivity contribution >= 4 is 5.91 Å². The Morgan fingerprint density at radius 1 is 1.35 bits per heavy atom. The van der Waals surface area contributed by atoms with Gasteiger partial charge in [0.25, 0.3) is 0 Å². The van der Waals surface area contributed by atoms with Crippen LogP contribution in [0.4, 0.5) is 8.78 Å². The summed E-state index contributed by atoms with van der Waals surface area (Å²) in [4.78, 5) is 11.9. The first kappa shape index (κ1) is 16.6. The Balaban J connectivity index is 2.69. The zero-order valence-electron chi connectivity index (χ0n) is 12.3. The van der Waals surface area contributed by atoms with Crippen LogP contribution in [0.25, 0.3) is 0 Å². The largest absolute Gasteiger partial charge is 0.349 e. The van der Waals surface area contributed by atoms with Gasteiger partial charge in [-0.05, 0) is 30.5 Å². The lowest BCUT2D eigenvalue weighted by Gasteiger charge is -2.27. The first-order valence-corrected chi connectivity index (χ1v) is 6.61. The Labute approximate surface area is 118 Å². The third kappa shape index (κ3) is 4.56. The number of halogens is 2. The van der Waals surface area contributed by atoms with E-state index in [-0.39, 0.29) is 29.3 Å². The molecule has 0 radical (unpaired) electrons. The average Bonchev–Trinajstić information content (AvgIpc) is 2.30. The minimum Gasteiger partial charge on any atom is -0.349 e. The van der Waals surface area contributed by atoms with Crippen molar-refractivity contribution in [2.75, 3.05) is 0 Å². The van der Waals surface area contributed by atoms with Crippen molar-refractivity contribution in [3.05, 3.63) is 35.4 Å². The van der Waals surface area contributed by atoms with Crippen LogP contribution in [0.1, 0.15) is 45.7 Å². The van der Waals surface area contributed by atoms with Crippen molar-refractivity contribution in [2.45, 2.75) is 46.2 Å². The summed E-state index contributed by atoms with van der Waals surface area (Å²) in [5.74, 6) is -1.35. The molecule has 0 bridgehead atoms. The minimum absolute atomic E-state index is 0.127. The van der Waals surface area contributed by atoms with Crippen LogP contribution in [-0.4, -0.2) is 11.9 Å². The van der Waals surface area contributed by atoms with Gasteiger partial charge in [-0.3, -0.25) is 4.79 Å². The lowest BCUT2D eigenvalue weighted by atomic mass is 9.85. The summed E-state index contributed by atoms with van der Waals surface area (Å²) in [6, 6.07) is 2.28. The van der Waals surface area contributed by atoms with Gasteiger partial charge in [-0.2, -0.15) is 0 Å². The number of hydrogen-bond donors (Lipinski definition) is 2. The van der Waals surface area contributed by atoms with E-state index in [0.29, 0.717) is 0 Å². The van der Waals surface area contributed by atoms with Gasteiger partial charge in [-0.15, -0.1) is 0 Å². The molecule has 0 aliphatic rings. The monoisotopic (exact) mass is 284 g/mol. The third-order valence-corrected chi connectivity index (χ3v) is 3.32. The quantitative estimate of drug-likeness (QED) is 0.893. The summed E-state index contributed by atoms with van der Waals surface area (Å²) in [6.45, 7) is 7.44. The second-order valence-corrected chi connectivity index (χ2v) is 6.13. The van der Waals surface area contributed by atoms with E-state index in [9.17, 15) is 13.6 Å². The number of carbonyl (C=O) groups excluding carboxylic acids is 1. The molecule has 1 rings (SSSR count). The highest BCUT2D eigenvalue weighted by molar-refractivity contribution is 5.77. The Bertz CT molecular complexity index is 483. The molecular formula is C15H22F2N2O. The number of benzene rings is 1. The lowest BCUT2D eigenvalue weighted by Crippen LogP contribution is -2.40. The minimum atomic E-state index is -0.606. The number of nitrogens with one attached hydrogen (secondary N) is 1. The maximum Gasteiger partial charge on any atom is 0.222 e. The highest BCUT2D eigenvalue weighted by atomic mass is 19.1. The van der Waals surface area contributed by atoms with Gasteiger partial charge in [0.1, 0.15) is 11.6 Å². The van der Waals surface area contributed by atoms with E-state index in [1.165, 1.54) is 0 Å². The molecule has 3 N–H and O–H groups in total. The van der Waals surface area contributed by atoms with Crippen LogP contribution in [0, 0.1) is 17.0 Å². The van der Waals surface area contributed by atoms with E-state index in [2.05, 4.69) is 5.32 Å². The van der Waals surface area contributed by atoms with E-state index >= 15 is 0 Å². The van der Waals surface area contributed by atoms with E-state index in [1.807, 2.05) is 20.8 Å². The molecule has 3 nitrogen and oxygen atoms in total. The second kappa shape index (κ2) is 6.31. The first-order chi connectivity index (χ1) is 9.11. The molecule has 1 aromatic rings. The lowest BCUT2D eigenvalue weighted by molar-refractivity contribution is -0.122. The van der Waals surface area contributed by atoms with Crippen LogP contribution < -0.4 is 11.1 Å². The molecule has 0 aliphatic carbocycles. The molecular weight excluding hydrogens is 262 g/mol. The van der Waals surface area contributed by atoms with E-state index < -0.39 is 17.7 Å². The zero-order chi connectivity index (χ0) is 15.5. The van der Waals surface area contributed by atoms with Crippen molar-refractivity contribution in [1.29, 1.82) is 0 Å². The fourth-order valence-electron chi connectivity index (χ4n) is 1.73. The van der Waals surface area contributed by atoms with Gasteiger partial charge in [-0.25, -0.2) is 8.78 Å². The van der Waals surface area contributed by atoms with Crippen LogP contribution >= 0.6 is 0 Å². The predicted molar refractivity (Wildman–Crippen MR) is 75.0 cm³/mol. The Morgan fingerprint density at radius 3 is 2.50 bits per heavy atom. The summed E-state index contributed by atoms with van der Waals surface area (Å²) < 4.78 is 26.7. The predicted octanol–water partition coefficient (Wildman–Crippen LogP) is 2.91. The van der Waals surface area contributed by atoms with Crippen LogP contribution in [-0.2, 0) is 4.79 Å². The Kier molecular flexibility index (Phi) is 5.22. The summed E-state index contributed by atoms with van der Waals surface area (Å²) in [7, 11) is 0. The smallest absolute Gasteiger partial charge is 0.222 e. The molecule has 5 heteroatoms. The highest BCUT2D eigenvalue weighted by Gasteiger charge is 2.24. The summed E-state index contributed by atoms with van der Waals surface area (Å²) >= 11 is 0. The van der Waals surface area contributed by atoms with Crippen LogP contribution in [0.15, 0.2) is 18.2 Å². The zero-order valence-corrected chi connectivity index (χ0v) is 12.3. The van der Waals surface area contributed by atoms with Crippen LogP contribution in [0.2, 0.25) is 0 Å². The van der Waals surface area contributed by atoms with E-state index in [0.717, 1.165) is 18.2 Å². The topological polar surface area (TPSA) is 55.1 Å². The highest BCUT2D eigenvalue weighted by Crippen LogP contribution is 2.21. The Morgan fingerprint density at radius 2 is 1.95 bits per heavy atom. The first-order valence-electron chi connectivity index (χ1n) is 6.61.